The summed E-state index contributed by atoms with van der Waals surface area (Å²) in [6.07, 6.45) is 0.970. The van der Waals surface area contributed by atoms with Gasteiger partial charge in [0.15, 0.2) is 0 Å². The third-order valence-corrected chi connectivity index (χ3v) is 4.27. The molecular formula is C22H25N3O2. The monoisotopic (exact) mass is 363 g/mol. The van der Waals surface area contributed by atoms with E-state index in [9.17, 15) is 9.59 Å². The first-order valence-corrected chi connectivity index (χ1v) is 9.13. The van der Waals surface area contributed by atoms with E-state index in [1.54, 1.807) is 24.3 Å². The Labute approximate surface area is 160 Å². The Bertz CT molecular complexity index is 793. The number of hydrogen-bond donors (Lipinski definition) is 1. The fourth-order valence-corrected chi connectivity index (χ4v) is 2.72. The van der Waals surface area contributed by atoms with Crippen molar-refractivity contribution >= 4 is 11.8 Å². The molecule has 0 radical (unpaired) electrons. The molecule has 27 heavy (non-hydrogen) atoms. The highest BCUT2D eigenvalue weighted by Crippen LogP contribution is 2.12. The van der Waals surface area contributed by atoms with Crippen molar-refractivity contribution < 1.29 is 9.59 Å². The highest BCUT2D eigenvalue weighted by atomic mass is 16.2. The number of nitrogens with zero attached hydrogens (tertiary/aromatic N) is 2. The molecule has 5 nitrogen and oxygen atoms in total. The minimum Gasteiger partial charge on any atom is -0.352 e. The molecule has 0 fully saturated rings. The normalized spacial score (nSPS) is 10.3. The number of nitriles is 1. The molecule has 0 aliphatic heterocycles. The Balaban J connectivity index is 1.82. The third kappa shape index (κ3) is 6.27. The van der Waals surface area contributed by atoms with Gasteiger partial charge in [-0.15, -0.1) is 0 Å². The standard InChI is InChI=1S/C22H25N3O2/c1-17(2)25(16-19-12-10-18(15-23)11-13-19)21(26)9-6-14-24-22(27)20-7-4-3-5-8-20/h3-5,7-8,10-13,17H,6,9,14,16H2,1-2H3,(H,24,27). The average Bonchev–Trinajstić information content (AvgIpc) is 2.70. The van der Waals surface area contributed by atoms with Crippen molar-refractivity contribution in [2.45, 2.75) is 39.3 Å². The van der Waals surface area contributed by atoms with Crippen LogP contribution < -0.4 is 5.32 Å². The molecule has 1 N–H and O–H groups in total. The molecule has 140 valence electrons. The molecule has 0 heterocycles. The number of nitrogens with one attached hydrogen (secondary N) is 1. The van der Waals surface area contributed by atoms with Crippen molar-refractivity contribution in [2.75, 3.05) is 6.54 Å². The first-order valence-electron chi connectivity index (χ1n) is 9.13. The second-order valence-corrected chi connectivity index (χ2v) is 6.65. The van der Waals surface area contributed by atoms with Crippen molar-refractivity contribution in [2.24, 2.45) is 0 Å². The summed E-state index contributed by atoms with van der Waals surface area (Å²) in [5.74, 6) is -0.0651. The van der Waals surface area contributed by atoms with Gasteiger partial charge in [0, 0.05) is 31.1 Å². The second-order valence-electron chi connectivity index (χ2n) is 6.65. The summed E-state index contributed by atoms with van der Waals surface area (Å²) in [5, 5.41) is 11.7. The largest absolute Gasteiger partial charge is 0.352 e. The lowest BCUT2D eigenvalue weighted by atomic mass is 10.1. The smallest absolute Gasteiger partial charge is 0.251 e. The fourth-order valence-electron chi connectivity index (χ4n) is 2.72. The summed E-state index contributed by atoms with van der Waals surface area (Å²) in [5.41, 5.74) is 2.22. The maximum absolute atomic E-state index is 12.6. The zero-order valence-corrected chi connectivity index (χ0v) is 15.8. The Morgan fingerprint density at radius 3 is 2.33 bits per heavy atom. The van der Waals surface area contributed by atoms with E-state index in [-0.39, 0.29) is 17.9 Å². The van der Waals surface area contributed by atoms with Crippen LogP contribution in [0.1, 0.15) is 48.2 Å². The molecule has 2 amide bonds. The van der Waals surface area contributed by atoms with Crippen LogP contribution >= 0.6 is 0 Å². The van der Waals surface area contributed by atoms with Gasteiger partial charge >= 0.3 is 0 Å². The van der Waals surface area contributed by atoms with Crippen molar-refractivity contribution in [3.8, 4) is 6.07 Å². The average molecular weight is 363 g/mol. The SMILES string of the molecule is CC(C)N(Cc1ccc(C#N)cc1)C(=O)CCCNC(=O)c1ccccc1. The van der Waals surface area contributed by atoms with Gasteiger partial charge in [-0.1, -0.05) is 30.3 Å². The topological polar surface area (TPSA) is 73.2 Å². The van der Waals surface area contributed by atoms with Crippen LogP contribution in [0.2, 0.25) is 0 Å². The molecule has 0 saturated carbocycles. The second kappa shape index (κ2) is 10.1. The molecule has 0 aliphatic carbocycles. The number of benzene rings is 2. The molecule has 0 saturated heterocycles. The summed E-state index contributed by atoms with van der Waals surface area (Å²) in [4.78, 5) is 26.4. The van der Waals surface area contributed by atoms with Crippen LogP contribution in [0.4, 0.5) is 0 Å². The quantitative estimate of drug-likeness (QED) is 0.730. The van der Waals surface area contributed by atoms with Gasteiger partial charge < -0.3 is 10.2 Å². The van der Waals surface area contributed by atoms with E-state index < -0.39 is 0 Å². The Kier molecular flexibility index (Phi) is 7.57. The van der Waals surface area contributed by atoms with Gasteiger partial charge in [-0.3, -0.25) is 9.59 Å². The van der Waals surface area contributed by atoms with Gasteiger partial charge in [-0.2, -0.15) is 5.26 Å². The zero-order chi connectivity index (χ0) is 19.6. The van der Waals surface area contributed by atoms with E-state index in [4.69, 9.17) is 5.26 Å². The Morgan fingerprint density at radius 2 is 1.74 bits per heavy atom. The molecule has 2 aromatic rings. The number of carbonyl (C=O) groups excluding carboxylic acids is 2. The fraction of sp³-hybridized carbons (Fsp3) is 0.318. The van der Waals surface area contributed by atoms with E-state index in [1.165, 1.54) is 0 Å². The number of rotatable bonds is 8. The van der Waals surface area contributed by atoms with Crippen LogP contribution in [-0.4, -0.2) is 29.3 Å². The predicted molar refractivity (Wildman–Crippen MR) is 105 cm³/mol. The molecule has 0 spiro atoms. The van der Waals surface area contributed by atoms with Crippen molar-refractivity contribution in [3.63, 3.8) is 0 Å². The maximum Gasteiger partial charge on any atom is 0.251 e. The van der Waals surface area contributed by atoms with E-state index in [2.05, 4.69) is 11.4 Å². The van der Waals surface area contributed by atoms with Crippen molar-refractivity contribution in [1.29, 1.82) is 5.26 Å². The zero-order valence-electron chi connectivity index (χ0n) is 15.8. The predicted octanol–water partition coefficient (Wildman–Crippen LogP) is 3.51. The van der Waals surface area contributed by atoms with Gasteiger partial charge in [-0.25, -0.2) is 0 Å². The molecule has 5 heteroatoms. The number of hydrogen-bond acceptors (Lipinski definition) is 3. The van der Waals surface area contributed by atoms with Gasteiger partial charge in [0.2, 0.25) is 5.91 Å². The Hall–Kier alpha value is -3.13. The molecule has 0 aromatic heterocycles. The lowest BCUT2D eigenvalue weighted by molar-refractivity contribution is -0.133. The molecular weight excluding hydrogens is 338 g/mol. The summed E-state index contributed by atoms with van der Waals surface area (Å²) in [6, 6.07) is 18.5. The summed E-state index contributed by atoms with van der Waals surface area (Å²) in [6.45, 7) is 4.94. The van der Waals surface area contributed by atoms with Crippen molar-refractivity contribution in [3.05, 3.63) is 71.3 Å². The number of carbonyl (C=O) groups is 2. The minimum absolute atomic E-state index is 0.0586. The van der Waals surface area contributed by atoms with E-state index >= 15 is 0 Å². The van der Waals surface area contributed by atoms with Gasteiger partial charge in [0.05, 0.1) is 11.6 Å². The number of amides is 2. The first kappa shape index (κ1) is 20.2. The molecule has 0 atom stereocenters. The molecule has 0 unspecified atom stereocenters. The summed E-state index contributed by atoms with van der Waals surface area (Å²) < 4.78 is 0. The van der Waals surface area contributed by atoms with Gasteiger partial charge in [-0.05, 0) is 50.1 Å². The van der Waals surface area contributed by atoms with E-state index in [0.717, 1.165) is 5.56 Å². The van der Waals surface area contributed by atoms with Crippen LogP contribution in [0.25, 0.3) is 0 Å². The lowest BCUT2D eigenvalue weighted by Gasteiger charge is -2.27. The van der Waals surface area contributed by atoms with Crippen LogP contribution in [0.3, 0.4) is 0 Å². The van der Waals surface area contributed by atoms with E-state index in [0.29, 0.717) is 37.1 Å². The van der Waals surface area contributed by atoms with E-state index in [1.807, 2.05) is 49.1 Å². The highest BCUT2D eigenvalue weighted by molar-refractivity contribution is 5.94. The molecule has 0 aliphatic rings. The van der Waals surface area contributed by atoms with Crippen molar-refractivity contribution in [1.82, 2.24) is 10.2 Å². The summed E-state index contributed by atoms with van der Waals surface area (Å²) >= 11 is 0. The Morgan fingerprint density at radius 1 is 1.07 bits per heavy atom. The van der Waals surface area contributed by atoms with Crippen LogP contribution in [0.5, 0.6) is 0 Å². The van der Waals surface area contributed by atoms with Crippen LogP contribution in [0.15, 0.2) is 54.6 Å². The molecule has 2 aromatic carbocycles. The lowest BCUT2D eigenvalue weighted by Crippen LogP contribution is -2.36. The van der Waals surface area contributed by atoms with Gasteiger partial charge in [0.1, 0.15) is 0 Å². The third-order valence-electron chi connectivity index (χ3n) is 4.27. The molecule has 0 bridgehead atoms. The van der Waals surface area contributed by atoms with Gasteiger partial charge in [0.25, 0.3) is 5.91 Å². The molecule has 2 rings (SSSR count). The summed E-state index contributed by atoms with van der Waals surface area (Å²) in [7, 11) is 0. The first-order chi connectivity index (χ1) is 13.0. The van der Waals surface area contributed by atoms with Crippen LogP contribution in [-0.2, 0) is 11.3 Å². The van der Waals surface area contributed by atoms with Crippen LogP contribution in [0, 0.1) is 11.3 Å². The highest BCUT2D eigenvalue weighted by Gasteiger charge is 2.17. The minimum atomic E-state index is -0.124. The maximum atomic E-state index is 12.6.